The van der Waals surface area contributed by atoms with Crippen molar-refractivity contribution >= 4 is 5.91 Å². The molecule has 2 aromatic carbocycles. The molecule has 2 aromatic rings. The Morgan fingerprint density at radius 2 is 1.88 bits per heavy atom. The molecule has 1 unspecified atom stereocenters. The van der Waals surface area contributed by atoms with E-state index in [0.29, 0.717) is 0 Å². The van der Waals surface area contributed by atoms with Gasteiger partial charge in [0.25, 0.3) is 0 Å². The summed E-state index contributed by atoms with van der Waals surface area (Å²) in [5.41, 5.74) is 4.59. The highest BCUT2D eigenvalue weighted by atomic mass is 16.2. The number of aryl methyl sites for hydroxylation is 1. The van der Waals surface area contributed by atoms with Crippen LogP contribution in [0.25, 0.3) is 11.1 Å². The van der Waals surface area contributed by atoms with E-state index in [0.717, 1.165) is 32.4 Å². The van der Waals surface area contributed by atoms with Crippen molar-refractivity contribution in [2.24, 2.45) is 5.41 Å². The van der Waals surface area contributed by atoms with Gasteiger partial charge in [0.05, 0.1) is 5.41 Å². The van der Waals surface area contributed by atoms with Gasteiger partial charge in [0, 0.05) is 12.6 Å². The van der Waals surface area contributed by atoms with Crippen LogP contribution in [-0.2, 0) is 11.2 Å². The van der Waals surface area contributed by atoms with E-state index in [1.807, 2.05) is 13.8 Å². The molecule has 3 rings (SSSR count). The van der Waals surface area contributed by atoms with E-state index in [-0.39, 0.29) is 17.4 Å². The van der Waals surface area contributed by atoms with Gasteiger partial charge in [0.1, 0.15) is 0 Å². The summed E-state index contributed by atoms with van der Waals surface area (Å²) in [6, 6.07) is 17.3. The zero-order chi connectivity index (χ0) is 18.6. The van der Waals surface area contributed by atoms with Crippen molar-refractivity contribution in [1.82, 2.24) is 10.6 Å². The molecule has 0 aliphatic carbocycles. The van der Waals surface area contributed by atoms with Crippen LogP contribution in [0, 0.1) is 12.3 Å². The number of rotatable bonds is 5. The number of piperidine rings is 1. The van der Waals surface area contributed by atoms with Gasteiger partial charge < -0.3 is 10.6 Å². The lowest BCUT2D eigenvalue weighted by Crippen LogP contribution is -2.53. The standard InChI is InChI=1S/C23H30N2O/c1-17(2)25-22(26)23(13-6-14-24-16-23)15-20-7-4-5-8-21(20)19-11-9-18(3)10-12-19/h4-5,7-12,17,24H,6,13-16H2,1-3H3,(H,25,26). The molecule has 0 saturated carbocycles. The summed E-state index contributed by atoms with van der Waals surface area (Å²) >= 11 is 0. The Morgan fingerprint density at radius 1 is 1.15 bits per heavy atom. The van der Waals surface area contributed by atoms with Crippen molar-refractivity contribution in [2.45, 2.75) is 46.1 Å². The highest BCUT2D eigenvalue weighted by molar-refractivity contribution is 5.84. The molecule has 1 atom stereocenters. The average molecular weight is 351 g/mol. The molecule has 0 aromatic heterocycles. The molecule has 1 heterocycles. The molecule has 0 bridgehead atoms. The summed E-state index contributed by atoms with van der Waals surface area (Å²) in [7, 11) is 0. The second-order valence-electron chi connectivity index (χ2n) is 7.89. The van der Waals surface area contributed by atoms with E-state index in [9.17, 15) is 4.79 Å². The van der Waals surface area contributed by atoms with E-state index >= 15 is 0 Å². The zero-order valence-electron chi connectivity index (χ0n) is 16.1. The quantitative estimate of drug-likeness (QED) is 0.852. The largest absolute Gasteiger partial charge is 0.353 e. The first kappa shape index (κ1) is 18.7. The highest BCUT2D eigenvalue weighted by Crippen LogP contribution is 2.35. The van der Waals surface area contributed by atoms with E-state index in [2.05, 4.69) is 66.1 Å². The lowest BCUT2D eigenvalue weighted by atomic mass is 9.73. The van der Waals surface area contributed by atoms with Crippen molar-refractivity contribution in [3.05, 3.63) is 59.7 Å². The third-order valence-electron chi connectivity index (χ3n) is 5.28. The van der Waals surface area contributed by atoms with Crippen molar-refractivity contribution in [2.75, 3.05) is 13.1 Å². The lowest BCUT2D eigenvalue weighted by Gasteiger charge is -2.37. The first-order valence-electron chi connectivity index (χ1n) is 9.67. The minimum absolute atomic E-state index is 0.161. The number of nitrogens with one attached hydrogen (secondary N) is 2. The molecule has 3 nitrogen and oxygen atoms in total. The minimum Gasteiger partial charge on any atom is -0.353 e. The maximum Gasteiger partial charge on any atom is 0.228 e. The van der Waals surface area contributed by atoms with Crippen LogP contribution in [0.4, 0.5) is 0 Å². The second-order valence-corrected chi connectivity index (χ2v) is 7.89. The van der Waals surface area contributed by atoms with Crippen LogP contribution < -0.4 is 10.6 Å². The molecule has 2 N–H and O–H groups in total. The van der Waals surface area contributed by atoms with Gasteiger partial charge in [0.2, 0.25) is 5.91 Å². The molecule has 1 fully saturated rings. The predicted molar refractivity (Wildman–Crippen MR) is 108 cm³/mol. The molecule has 0 spiro atoms. The van der Waals surface area contributed by atoms with E-state index < -0.39 is 0 Å². The van der Waals surface area contributed by atoms with Gasteiger partial charge in [-0.3, -0.25) is 4.79 Å². The molecule has 26 heavy (non-hydrogen) atoms. The fourth-order valence-electron chi connectivity index (χ4n) is 3.86. The summed E-state index contributed by atoms with van der Waals surface area (Å²) in [4.78, 5) is 13.1. The van der Waals surface area contributed by atoms with Gasteiger partial charge in [-0.15, -0.1) is 0 Å². The fraction of sp³-hybridized carbons (Fsp3) is 0.435. The summed E-state index contributed by atoms with van der Waals surface area (Å²) in [5.74, 6) is 0.179. The molecule has 1 amide bonds. The lowest BCUT2D eigenvalue weighted by molar-refractivity contribution is -0.132. The van der Waals surface area contributed by atoms with E-state index in [4.69, 9.17) is 0 Å². The van der Waals surface area contributed by atoms with Crippen molar-refractivity contribution in [3.8, 4) is 11.1 Å². The molecule has 1 aliphatic heterocycles. The van der Waals surface area contributed by atoms with E-state index in [1.54, 1.807) is 0 Å². The average Bonchev–Trinajstić information content (AvgIpc) is 2.63. The monoisotopic (exact) mass is 350 g/mol. The zero-order valence-corrected chi connectivity index (χ0v) is 16.1. The number of amides is 1. The highest BCUT2D eigenvalue weighted by Gasteiger charge is 2.40. The summed E-state index contributed by atoms with van der Waals surface area (Å²) < 4.78 is 0. The number of benzene rings is 2. The molecule has 0 radical (unpaired) electrons. The maximum atomic E-state index is 13.1. The SMILES string of the molecule is Cc1ccc(-c2ccccc2CC2(C(=O)NC(C)C)CCCNC2)cc1. The van der Waals surface area contributed by atoms with Crippen molar-refractivity contribution in [3.63, 3.8) is 0 Å². The topological polar surface area (TPSA) is 41.1 Å². The van der Waals surface area contributed by atoms with Crippen LogP contribution in [-0.4, -0.2) is 25.0 Å². The minimum atomic E-state index is -0.372. The van der Waals surface area contributed by atoms with Gasteiger partial charge in [-0.1, -0.05) is 54.1 Å². The number of carbonyl (C=O) groups is 1. The normalized spacial score (nSPS) is 20.2. The van der Waals surface area contributed by atoms with Crippen molar-refractivity contribution in [1.29, 1.82) is 0 Å². The van der Waals surface area contributed by atoms with Gasteiger partial charge in [0.15, 0.2) is 0 Å². The van der Waals surface area contributed by atoms with Crippen LogP contribution in [0.3, 0.4) is 0 Å². The summed E-state index contributed by atoms with van der Waals surface area (Å²) in [6.07, 6.45) is 2.74. The Balaban J connectivity index is 1.94. The molecule has 1 saturated heterocycles. The van der Waals surface area contributed by atoms with Crippen LogP contribution in [0.2, 0.25) is 0 Å². The van der Waals surface area contributed by atoms with Gasteiger partial charge in [-0.05, 0) is 63.3 Å². The smallest absolute Gasteiger partial charge is 0.228 e. The Hall–Kier alpha value is -2.13. The molecule has 3 heteroatoms. The third-order valence-corrected chi connectivity index (χ3v) is 5.28. The number of carbonyl (C=O) groups excluding carboxylic acids is 1. The van der Waals surface area contributed by atoms with Crippen molar-refractivity contribution < 1.29 is 4.79 Å². The Morgan fingerprint density at radius 3 is 2.54 bits per heavy atom. The number of hydrogen-bond donors (Lipinski definition) is 2. The summed E-state index contributed by atoms with van der Waals surface area (Å²) in [6.45, 7) is 7.91. The van der Waals surface area contributed by atoms with Gasteiger partial charge in [-0.25, -0.2) is 0 Å². The first-order valence-corrected chi connectivity index (χ1v) is 9.67. The van der Waals surface area contributed by atoms with Gasteiger partial charge >= 0.3 is 0 Å². The second kappa shape index (κ2) is 8.05. The Kier molecular flexibility index (Phi) is 5.77. The first-order chi connectivity index (χ1) is 12.5. The predicted octanol–water partition coefficient (Wildman–Crippen LogP) is 4.10. The molecular weight excluding hydrogens is 320 g/mol. The van der Waals surface area contributed by atoms with Crippen LogP contribution in [0.1, 0.15) is 37.8 Å². The maximum absolute atomic E-state index is 13.1. The third kappa shape index (κ3) is 4.16. The fourth-order valence-corrected chi connectivity index (χ4v) is 3.86. The Bertz CT molecular complexity index is 743. The van der Waals surface area contributed by atoms with Crippen LogP contribution in [0.15, 0.2) is 48.5 Å². The van der Waals surface area contributed by atoms with E-state index in [1.165, 1.54) is 22.3 Å². The Labute approximate surface area is 157 Å². The number of hydrogen-bond acceptors (Lipinski definition) is 2. The van der Waals surface area contributed by atoms with Crippen LogP contribution >= 0.6 is 0 Å². The van der Waals surface area contributed by atoms with Crippen LogP contribution in [0.5, 0.6) is 0 Å². The van der Waals surface area contributed by atoms with Gasteiger partial charge in [-0.2, -0.15) is 0 Å². The molecule has 138 valence electrons. The molecular formula is C23H30N2O. The molecule has 1 aliphatic rings. The summed E-state index contributed by atoms with van der Waals surface area (Å²) in [5, 5.41) is 6.62.